The minimum Gasteiger partial charge on any atom is -0.479 e. The molecule has 0 unspecified atom stereocenters. The molecule has 0 aliphatic carbocycles. The van der Waals surface area contributed by atoms with Gasteiger partial charge >= 0.3 is 5.97 Å². The summed E-state index contributed by atoms with van der Waals surface area (Å²) < 4.78 is 7.76. The second-order valence-corrected chi connectivity index (χ2v) is 9.99. The van der Waals surface area contributed by atoms with Crippen LogP contribution < -0.4 is 5.56 Å². The molecule has 5 nitrogen and oxygen atoms in total. The molecule has 0 aliphatic heterocycles. The van der Waals surface area contributed by atoms with Crippen molar-refractivity contribution in [2.75, 3.05) is 0 Å². The fraction of sp³-hybridized carbons (Fsp3) is 0.310. The van der Waals surface area contributed by atoms with E-state index in [1.165, 1.54) is 0 Å². The number of pyridine rings is 1. The molecule has 0 amide bonds. The lowest BCUT2D eigenvalue weighted by Gasteiger charge is -2.30. The van der Waals surface area contributed by atoms with E-state index in [0.717, 1.165) is 44.1 Å². The van der Waals surface area contributed by atoms with Gasteiger partial charge in [-0.15, -0.1) is 0 Å². The Kier molecular flexibility index (Phi) is 5.86. The Hall–Kier alpha value is -3.44. The molecule has 34 heavy (non-hydrogen) atoms. The second-order valence-electron chi connectivity index (χ2n) is 9.99. The van der Waals surface area contributed by atoms with Crippen LogP contribution in [0.25, 0.3) is 32.8 Å². The first kappa shape index (κ1) is 23.7. The van der Waals surface area contributed by atoms with Crippen LogP contribution in [0.2, 0.25) is 0 Å². The number of hydrogen-bond donors (Lipinski definition) is 1. The van der Waals surface area contributed by atoms with E-state index in [4.69, 9.17) is 4.74 Å². The number of fused-ring (bicyclic) bond motifs is 3. The van der Waals surface area contributed by atoms with Crippen LogP contribution in [-0.2, 0) is 16.6 Å². The van der Waals surface area contributed by atoms with Crippen molar-refractivity contribution in [3.8, 4) is 11.1 Å². The van der Waals surface area contributed by atoms with Crippen LogP contribution in [0.15, 0.2) is 53.3 Å². The van der Waals surface area contributed by atoms with E-state index in [1.807, 2.05) is 90.1 Å². The summed E-state index contributed by atoms with van der Waals surface area (Å²) in [6.07, 6.45) is -1.19. The third kappa shape index (κ3) is 3.90. The highest BCUT2D eigenvalue weighted by Gasteiger charge is 2.33. The molecule has 1 atom stereocenters. The summed E-state index contributed by atoms with van der Waals surface area (Å²) in [6.45, 7) is 11.5. The molecule has 1 N–H and O–H groups in total. The fourth-order valence-corrected chi connectivity index (χ4v) is 4.93. The standard InChI is InChI=1S/C29H31NO4/c1-16-12-14-19(15-13-16)22-17(2)23-20-10-8-9-11-21(20)27(31)30(7)25(23)18(3)24(22)26(28(32)33)34-29(4,5)6/h8-15,26H,1-7H3,(H,32,33)/t26-/m0/s1. The van der Waals surface area contributed by atoms with E-state index in [0.29, 0.717) is 10.9 Å². The molecule has 4 aromatic rings. The van der Waals surface area contributed by atoms with Gasteiger partial charge in [0.25, 0.3) is 5.56 Å². The van der Waals surface area contributed by atoms with Gasteiger partial charge in [0.1, 0.15) is 0 Å². The summed E-state index contributed by atoms with van der Waals surface area (Å²) in [5.41, 5.74) is 5.07. The lowest BCUT2D eigenvalue weighted by molar-refractivity contribution is -0.160. The van der Waals surface area contributed by atoms with Crippen molar-refractivity contribution in [3.63, 3.8) is 0 Å². The van der Waals surface area contributed by atoms with Crippen molar-refractivity contribution in [3.05, 3.63) is 81.1 Å². The molecule has 0 aliphatic rings. The first-order valence-corrected chi connectivity index (χ1v) is 11.4. The Bertz CT molecular complexity index is 1490. The summed E-state index contributed by atoms with van der Waals surface area (Å²) in [4.78, 5) is 25.8. The van der Waals surface area contributed by atoms with Gasteiger partial charge in [-0.3, -0.25) is 4.79 Å². The SMILES string of the molecule is Cc1ccc(-c2c([C@H](OC(C)(C)C)C(=O)O)c(C)c3c(c2C)c2ccccc2c(=O)n3C)cc1. The van der Waals surface area contributed by atoms with Crippen LogP contribution in [-0.4, -0.2) is 21.2 Å². The summed E-state index contributed by atoms with van der Waals surface area (Å²) in [5, 5.41) is 12.8. The van der Waals surface area contributed by atoms with Gasteiger partial charge in [0.05, 0.1) is 11.1 Å². The van der Waals surface area contributed by atoms with Crippen LogP contribution in [0, 0.1) is 20.8 Å². The minimum atomic E-state index is -1.19. The maximum Gasteiger partial charge on any atom is 0.337 e. The van der Waals surface area contributed by atoms with Crippen molar-refractivity contribution in [1.82, 2.24) is 4.57 Å². The molecular weight excluding hydrogens is 426 g/mol. The second kappa shape index (κ2) is 8.41. The first-order chi connectivity index (χ1) is 15.9. The van der Waals surface area contributed by atoms with E-state index in [1.54, 1.807) is 11.6 Å². The van der Waals surface area contributed by atoms with Crippen LogP contribution >= 0.6 is 0 Å². The van der Waals surface area contributed by atoms with Crippen molar-refractivity contribution >= 4 is 27.6 Å². The van der Waals surface area contributed by atoms with Gasteiger partial charge in [0.2, 0.25) is 0 Å². The number of benzene rings is 3. The van der Waals surface area contributed by atoms with Crippen LogP contribution in [0.4, 0.5) is 0 Å². The smallest absolute Gasteiger partial charge is 0.337 e. The lowest BCUT2D eigenvalue weighted by atomic mass is 9.84. The highest BCUT2D eigenvalue weighted by atomic mass is 16.5. The molecule has 0 saturated heterocycles. The Morgan fingerprint density at radius 3 is 2.09 bits per heavy atom. The van der Waals surface area contributed by atoms with Crippen LogP contribution in [0.1, 0.15) is 49.1 Å². The molecule has 4 rings (SSSR count). The maximum atomic E-state index is 13.3. The van der Waals surface area contributed by atoms with Gasteiger partial charge in [-0.05, 0) is 75.2 Å². The normalized spacial score (nSPS) is 12.9. The van der Waals surface area contributed by atoms with E-state index < -0.39 is 17.7 Å². The quantitative estimate of drug-likeness (QED) is 0.369. The molecule has 0 fully saturated rings. The zero-order valence-electron chi connectivity index (χ0n) is 20.8. The maximum absolute atomic E-state index is 13.3. The van der Waals surface area contributed by atoms with Gasteiger partial charge < -0.3 is 14.4 Å². The Morgan fingerprint density at radius 1 is 0.941 bits per heavy atom. The van der Waals surface area contributed by atoms with Gasteiger partial charge in [-0.25, -0.2) is 4.79 Å². The molecule has 5 heteroatoms. The number of rotatable bonds is 4. The number of aromatic nitrogens is 1. The number of aryl methyl sites for hydroxylation is 4. The largest absolute Gasteiger partial charge is 0.479 e. The van der Waals surface area contributed by atoms with E-state index >= 15 is 0 Å². The number of hydrogen-bond acceptors (Lipinski definition) is 3. The fourth-order valence-electron chi connectivity index (χ4n) is 4.93. The molecule has 1 heterocycles. The monoisotopic (exact) mass is 457 g/mol. The molecule has 0 radical (unpaired) electrons. The number of ether oxygens (including phenoxy) is 1. The third-order valence-electron chi connectivity index (χ3n) is 6.38. The zero-order chi connectivity index (χ0) is 24.9. The highest BCUT2D eigenvalue weighted by molar-refractivity contribution is 6.11. The first-order valence-electron chi connectivity index (χ1n) is 11.4. The Labute approximate surface area is 199 Å². The predicted octanol–water partition coefficient (Wildman–Crippen LogP) is 6.22. The molecule has 1 aromatic heterocycles. The van der Waals surface area contributed by atoms with Crippen molar-refractivity contribution in [2.24, 2.45) is 7.05 Å². The minimum absolute atomic E-state index is 0.108. The van der Waals surface area contributed by atoms with Crippen molar-refractivity contribution in [1.29, 1.82) is 0 Å². The molecule has 0 spiro atoms. The molecular formula is C29H31NO4. The Morgan fingerprint density at radius 2 is 1.53 bits per heavy atom. The van der Waals surface area contributed by atoms with Crippen molar-refractivity contribution in [2.45, 2.75) is 53.2 Å². The van der Waals surface area contributed by atoms with Gasteiger partial charge in [-0.2, -0.15) is 0 Å². The van der Waals surface area contributed by atoms with E-state index in [9.17, 15) is 14.7 Å². The van der Waals surface area contributed by atoms with Crippen LogP contribution in [0.5, 0.6) is 0 Å². The number of carboxylic acid groups (broad SMARTS) is 1. The number of aliphatic carboxylic acids is 1. The van der Waals surface area contributed by atoms with Gasteiger partial charge in [-0.1, -0.05) is 48.0 Å². The average Bonchev–Trinajstić information content (AvgIpc) is 2.77. The lowest BCUT2D eigenvalue weighted by Crippen LogP contribution is -2.29. The zero-order valence-corrected chi connectivity index (χ0v) is 20.8. The molecule has 176 valence electrons. The Balaban J connectivity index is 2.27. The topological polar surface area (TPSA) is 68.5 Å². The molecule has 0 bridgehead atoms. The van der Waals surface area contributed by atoms with Gasteiger partial charge in [0, 0.05) is 23.4 Å². The number of carboxylic acids is 1. The average molecular weight is 458 g/mol. The number of nitrogens with zero attached hydrogens (tertiary/aromatic N) is 1. The molecule has 0 saturated carbocycles. The predicted molar refractivity (Wildman–Crippen MR) is 138 cm³/mol. The van der Waals surface area contributed by atoms with Gasteiger partial charge in [0.15, 0.2) is 6.10 Å². The van der Waals surface area contributed by atoms with E-state index in [-0.39, 0.29) is 5.56 Å². The summed E-state index contributed by atoms with van der Waals surface area (Å²) in [6, 6.07) is 15.7. The third-order valence-corrected chi connectivity index (χ3v) is 6.38. The highest BCUT2D eigenvalue weighted by Crippen LogP contribution is 2.43. The summed E-state index contributed by atoms with van der Waals surface area (Å²) in [7, 11) is 1.75. The number of carbonyl (C=O) groups is 1. The van der Waals surface area contributed by atoms with Crippen LogP contribution in [0.3, 0.4) is 0 Å². The summed E-state index contributed by atoms with van der Waals surface area (Å²) in [5.74, 6) is -1.06. The van der Waals surface area contributed by atoms with Crippen molar-refractivity contribution < 1.29 is 14.6 Å². The molecule has 3 aromatic carbocycles. The van der Waals surface area contributed by atoms with E-state index in [2.05, 4.69) is 0 Å². The summed E-state index contributed by atoms with van der Waals surface area (Å²) >= 11 is 0.